The summed E-state index contributed by atoms with van der Waals surface area (Å²) >= 11 is 0. The maximum absolute atomic E-state index is 11.7. The molecule has 1 atom stereocenters. The van der Waals surface area contributed by atoms with Gasteiger partial charge in [0.25, 0.3) is 0 Å². The van der Waals surface area contributed by atoms with E-state index >= 15 is 0 Å². The summed E-state index contributed by atoms with van der Waals surface area (Å²) in [5.41, 5.74) is 0. The van der Waals surface area contributed by atoms with Gasteiger partial charge in [0.05, 0.1) is 6.04 Å². The second-order valence-corrected chi connectivity index (χ2v) is 7.43. The Labute approximate surface area is 110 Å². The second kappa shape index (κ2) is 7.85. The van der Waals surface area contributed by atoms with Crippen LogP contribution >= 0.6 is 0 Å². The number of amides is 1. The minimum absolute atomic E-state index is 0.0146. The van der Waals surface area contributed by atoms with Gasteiger partial charge < -0.3 is 23.9 Å². The molecule has 1 heterocycles. The molecule has 0 saturated carbocycles. The Balaban J connectivity index is 2.19. The van der Waals surface area contributed by atoms with Crippen LogP contribution in [0.4, 0.5) is 0 Å². The van der Waals surface area contributed by atoms with E-state index in [1.165, 1.54) is 0 Å². The predicted molar refractivity (Wildman–Crippen MR) is 70.2 cm³/mol. The van der Waals surface area contributed by atoms with Crippen LogP contribution in [0.15, 0.2) is 0 Å². The smallest absolute Gasteiger partial charge is 0.377 e. The topological polar surface area (TPSA) is 68.8 Å². The molecule has 0 aromatic carbocycles. The molecule has 106 valence electrons. The van der Waals surface area contributed by atoms with Gasteiger partial charge in [0, 0.05) is 33.9 Å². The van der Waals surface area contributed by atoms with Crippen LogP contribution in [-0.4, -0.2) is 55.2 Å². The van der Waals surface area contributed by atoms with Gasteiger partial charge >= 0.3 is 8.80 Å². The maximum Gasteiger partial charge on any atom is 0.500 e. The van der Waals surface area contributed by atoms with Crippen LogP contribution in [-0.2, 0) is 18.1 Å². The standard InChI is InChI=1S/C11H24N2O4Si/c1-15-18(16-2,17-3)9-5-8-13-11(14)10-6-4-7-12-10/h10,12H,4-9H2,1-3H3,(H,13,14). The van der Waals surface area contributed by atoms with E-state index in [0.717, 1.165) is 25.8 Å². The second-order valence-electron chi connectivity index (χ2n) is 4.34. The van der Waals surface area contributed by atoms with E-state index in [2.05, 4.69) is 10.6 Å². The van der Waals surface area contributed by atoms with Gasteiger partial charge in [0.15, 0.2) is 0 Å². The van der Waals surface area contributed by atoms with Gasteiger partial charge in [-0.05, 0) is 25.8 Å². The summed E-state index contributed by atoms with van der Waals surface area (Å²) in [4.78, 5) is 11.7. The molecule has 1 aliphatic rings. The van der Waals surface area contributed by atoms with Crippen LogP contribution in [0.2, 0.25) is 6.04 Å². The molecule has 0 bridgehead atoms. The SMILES string of the molecule is CO[Si](CCCNC(=O)C1CCCN1)(OC)OC. The summed E-state index contributed by atoms with van der Waals surface area (Å²) < 4.78 is 15.9. The van der Waals surface area contributed by atoms with Crippen LogP contribution in [0.1, 0.15) is 19.3 Å². The summed E-state index contributed by atoms with van der Waals surface area (Å²) in [6.07, 6.45) is 2.80. The molecule has 1 unspecified atom stereocenters. The van der Waals surface area contributed by atoms with Crippen molar-refractivity contribution < 1.29 is 18.1 Å². The zero-order valence-electron chi connectivity index (χ0n) is 11.5. The van der Waals surface area contributed by atoms with Gasteiger partial charge in [-0.3, -0.25) is 4.79 Å². The van der Waals surface area contributed by atoms with Crippen molar-refractivity contribution in [1.29, 1.82) is 0 Å². The third-order valence-corrected chi connectivity index (χ3v) is 6.10. The number of carbonyl (C=O) groups is 1. The molecule has 0 aliphatic carbocycles. The van der Waals surface area contributed by atoms with Crippen LogP contribution in [0, 0.1) is 0 Å². The number of rotatable bonds is 8. The zero-order chi connectivity index (χ0) is 13.4. The molecule has 6 nitrogen and oxygen atoms in total. The Bertz CT molecular complexity index is 247. The molecule has 1 fully saturated rings. The number of carbonyl (C=O) groups excluding carboxylic acids is 1. The summed E-state index contributed by atoms with van der Waals surface area (Å²) in [5, 5.41) is 6.09. The van der Waals surface area contributed by atoms with Gasteiger partial charge in [-0.15, -0.1) is 0 Å². The molecule has 1 saturated heterocycles. The third-order valence-electron chi connectivity index (χ3n) is 3.27. The van der Waals surface area contributed by atoms with Gasteiger partial charge in [-0.25, -0.2) is 0 Å². The van der Waals surface area contributed by atoms with Crippen molar-refractivity contribution in [3.63, 3.8) is 0 Å². The lowest BCUT2D eigenvalue weighted by molar-refractivity contribution is -0.122. The lowest BCUT2D eigenvalue weighted by Crippen LogP contribution is -2.44. The maximum atomic E-state index is 11.7. The van der Waals surface area contributed by atoms with E-state index in [9.17, 15) is 4.79 Å². The van der Waals surface area contributed by atoms with Crippen molar-refractivity contribution >= 4 is 14.7 Å². The van der Waals surface area contributed by atoms with E-state index in [-0.39, 0.29) is 11.9 Å². The average Bonchev–Trinajstić information content (AvgIpc) is 2.94. The molecule has 7 heteroatoms. The third kappa shape index (κ3) is 4.32. The lowest BCUT2D eigenvalue weighted by Gasteiger charge is -2.24. The Kier molecular flexibility index (Phi) is 6.80. The number of hydrogen-bond donors (Lipinski definition) is 2. The normalized spacial score (nSPS) is 20.1. The van der Waals surface area contributed by atoms with E-state index < -0.39 is 8.80 Å². The first-order chi connectivity index (χ1) is 8.67. The molecule has 2 N–H and O–H groups in total. The summed E-state index contributed by atoms with van der Waals surface area (Å²) in [7, 11) is 2.30. The fourth-order valence-electron chi connectivity index (χ4n) is 2.10. The monoisotopic (exact) mass is 276 g/mol. The molecule has 0 radical (unpaired) electrons. The molecule has 18 heavy (non-hydrogen) atoms. The fourth-order valence-corrected chi connectivity index (χ4v) is 3.83. The fraction of sp³-hybridized carbons (Fsp3) is 0.909. The van der Waals surface area contributed by atoms with Gasteiger partial charge in [-0.2, -0.15) is 0 Å². The molecule has 0 spiro atoms. The predicted octanol–water partition coefficient (Wildman–Crippen LogP) is 0.123. The summed E-state index contributed by atoms with van der Waals surface area (Å²) in [5.74, 6) is 0.0898. The summed E-state index contributed by atoms with van der Waals surface area (Å²) in [6.45, 7) is 1.56. The highest BCUT2D eigenvalue weighted by Gasteiger charge is 2.36. The quantitative estimate of drug-likeness (QED) is 0.487. The molecule has 1 amide bonds. The highest BCUT2D eigenvalue weighted by Crippen LogP contribution is 2.14. The first-order valence-corrected chi connectivity index (χ1v) is 8.27. The van der Waals surface area contributed by atoms with Crippen molar-refractivity contribution in [1.82, 2.24) is 10.6 Å². The highest BCUT2D eigenvalue weighted by atomic mass is 28.4. The lowest BCUT2D eigenvalue weighted by atomic mass is 10.2. The highest BCUT2D eigenvalue weighted by molar-refractivity contribution is 6.60. The minimum Gasteiger partial charge on any atom is -0.377 e. The Morgan fingerprint density at radius 1 is 1.33 bits per heavy atom. The van der Waals surface area contributed by atoms with Gasteiger partial charge in [-0.1, -0.05) is 0 Å². The molecule has 0 aromatic heterocycles. The number of hydrogen-bond acceptors (Lipinski definition) is 5. The van der Waals surface area contributed by atoms with Crippen LogP contribution in [0.5, 0.6) is 0 Å². The number of nitrogens with one attached hydrogen (secondary N) is 2. The molecule has 0 aromatic rings. The molecule has 1 aliphatic heterocycles. The van der Waals surface area contributed by atoms with Crippen LogP contribution < -0.4 is 10.6 Å². The van der Waals surface area contributed by atoms with Crippen molar-refractivity contribution in [3.05, 3.63) is 0 Å². The molecule has 1 rings (SSSR count). The Morgan fingerprint density at radius 3 is 2.50 bits per heavy atom. The largest absolute Gasteiger partial charge is 0.500 e. The average molecular weight is 276 g/mol. The Morgan fingerprint density at radius 2 is 2.00 bits per heavy atom. The first kappa shape index (κ1) is 15.6. The Hall–Kier alpha value is -0.473. The van der Waals surface area contributed by atoms with E-state index in [0.29, 0.717) is 12.6 Å². The van der Waals surface area contributed by atoms with Crippen molar-refractivity contribution in [3.8, 4) is 0 Å². The first-order valence-electron chi connectivity index (χ1n) is 6.34. The van der Waals surface area contributed by atoms with E-state index in [1.807, 2.05) is 0 Å². The molecular weight excluding hydrogens is 252 g/mol. The molecular formula is C11H24N2O4Si. The van der Waals surface area contributed by atoms with Gasteiger partial charge in [0.2, 0.25) is 5.91 Å². The van der Waals surface area contributed by atoms with Crippen LogP contribution in [0.3, 0.4) is 0 Å². The zero-order valence-corrected chi connectivity index (χ0v) is 12.5. The van der Waals surface area contributed by atoms with Crippen molar-refractivity contribution in [2.75, 3.05) is 34.4 Å². The van der Waals surface area contributed by atoms with Crippen LogP contribution in [0.25, 0.3) is 0 Å². The minimum atomic E-state index is -2.49. The van der Waals surface area contributed by atoms with E-state index in [1.54, 1.807) is 21.3 Å². The van der Waals surface area contributed by atoms with Crippen molar-refractivity contribution in [2.45, 2.75) is 31.3 Å². The summed E-state index contributed by atoms with van der Waals surface area (Å²) in [6, 6.07) is 0.689. The van der Waals surface area contributed by atoms with Crippen molar-refractivity contribution in [2.24, 2.45) is 0 Å². The van der Waals surface area contributed by atoms with Gasteiger partial charge in [0.1, 0.15) is 0 Å². The van der Waals surface area contributed by atoms with E-state index in [4.69, 9.17) is 13.3 Å².